The van der Waals surface area contributed by atoms with E-state index in [1.807, 2.05) is 25.1 Å². The number of rotatable bonds is 3. The molecule has 0 bridgehead atoms. The quantitative estimate of drug-likeness (QED) is 0.857. The number of sulfonamides is 1. The van der Waals surface area contributed by atoms with Crippen molar-refractivity contribution < 1.29 is 8.42 Å². The molecule has 0 atom stereocenters. The Hall–Kier alpha value is -1.33. The lowest BCUT2D eigenvalue weighted by molar-refractivity contribution is 0.596. The van der Waals surface area contributed by atoms with Crippen molar-refractivity contribution in [2.45, 2.75) is 11.1 Å². The largest absolute Gasteiger partial charge is 0.273 e. The van der Waals surface area contributed by atoms with Gasteiger partial charge in [0.2, 0.25) is 0 Å². The Morgan fingerprint density at radius 2 is 1.82 bits per heavy atom. The molecule has 2 aromatic rings. The van der Waals surface area contributed by atoms with Crippen molar-refractivity contribution in [3.63, 3.8) is 0 Å². The third-order valence-electron chi connectivity index (χ3n) is 2.56. The van der Waals surface area contributed by atoms with Crippen LogP contribution in [0.25, 0.3) is 0 Å². The standard InChI is InChI=1S/C12H13NO2S2/c1-10-6-3-4-7-11(10)13(2)17(14,15)12-8-5-9-16-12/h3-9H,1-2H3. The summed E-state index contributed by atoms with van der Waals surface area (Å²) in [6.07, 6.45) is 0. The maximum Gasteiger partial charge on any atom is 0.273 e. The highest BCUT2D eigenvalue weighted by Gasteiger charge is 2.22. The van der Waals surface area contributed by atoms with Crippen LogP contribution in [0.1, 0.15) is 5.56 Å². The summed E-state index contributed by atoms with van der Waals surface area (Å²) in [5.41, 5.74) is 1.65. The van der Waals surface area contributed by atoms with Crippen molar-refractivity contribution in [3.05, 3.63) is 47.3 Å². The molecule has 0 amide bonds. The first-order valence-corrected chi connectivity index (χ1v) is 7.43. The van der Waals surface area contributed by atoms with Crippen LogP contribution in [0.4, 0.5) is 5.69 Å². The summed E-state index contributed by atoms with van der Waals surface area (Å²) in [4.78, 5) is 0. The molecule has 0 saturated carbocycles. The molecule has 0 radical (unpaired) electrons. The summed E-state index contributed by atoms with van der Waals surface area (Å²) in [5, 5.41) is 1.76. The third kappa shape index (κ3) is 2.21. The van der Waals surface area contributed by atoms with Crippen molar-refractivity contribution in [3.8, 4) is 0 Å². The van der Waals surface area contributed by atoms with Gasteiger partial charge >= 0.3 is 0 Å². The number of nitrogens with zero attached hydrogens (tertiary/aromatic N) is 1. The summed E-state index contributed by atoms with van der Waals surface area (Å²) >= 11 is 1.23. The minimum absolute atomic E-state index is 0.364. The topological polar surface area (TPSA) is 37.4 Å². The second-order valence-corrected chi connectivity index (χ2v) is 6.83. The van der Waals surface area contributed by atoms with Crippen LogP contribution in [0, 0.1) is 6.92 Å². The lowest BCUT2D eigenvalue weighted by Crippen LogP contribution is -2.26. The molecule has 0 N–H and O–H groups in total. The van der Waals surface area contributed by atoms with Crippen molar-refractivity contribution in [2.75, 3.05) is 11.4 Å². The monoisotopic (exact) mass is 267 g/mol. The zero-order valence-corrected chi connectivity index (χ0v) is 11.3. The lowest BCUT2D eigenvalue weighted by atomic mass is 10.2. The Kier molecular flexibility index (Phi) is 3.22. The van der Waals surface area contributed by atoms with Gasteiger partial charge in [-0.2, -0.15) is 0 Å². The van der Waals surface area contributed by atoms with Gasteiger partial charge in [0.15, 0.2) is 0 Å². The van der Waals surface area contributed by atoms with E-state index < -0.39 is 10.0 Å². The van der Waals surface area contributed by atoms with Crippen LogP contribution < -0.4 is 4.31 Å². The molecule has 90 valence electrons. The first-order valence-electron chi connectivity index (χ1n) is 5.11. The van der Waals surface area contributed by atoms with Crippen LogP contribution >= 0.6 is 11.3 Å². The fourth-order valence-electron chi connectivity index (χ4n) is 1.59. The van der Waals surface area contributed by atoms with Gasteiger partial charge in [-0.1, -0.05) is 24.3 Å². The highest BCUT2D eigenvalue weighted by molar-refractivity contribution is 7.94. The number of thiophene rings is 1. The maximum absolute atomic E-state index is 12.3. The van der Waals surface area contributed by atoms with Gasteiger partial charge in [-0.25, -0.2) is 8.42 Å². The van der Waals surface area contributed by atoms with E-state index in [4.69, 9.17) is 0 Å². The van der Waals surface area contributed by atoms with Crippen LogP contribution in [0.2, 0.25) is 0 Å². The highest BCUT2D eigenvalue weighted by Crippen LogP contribution is 2.26. The normalized spacial score (nSPS) is 11.4. The van der Waals surface area contributed by atoms with E-state index >= 15 is 0 Å². The van der Waals surface area contributed by atoms with Gasteiger partial charge in [0.05, 0.1) is 5.69 Å². The average Bonchev–Trinajstić information content (AvgIpc) is 2.83. The van der Waals surface area contributed by atoms with Crippen LogP contribution in [-0.2, 0) is 10.0 Å². The molecule has 0 fully saturated rings. The zero-order valence-electron chi connectivity index (χ0n) is 9.62. The molecule has 0 aliphatic carbocycles. The molecule has 0 spiro atoms. The van der Waals surface area contributed by atoms with Crippen molar-refractivity contribution >= 4 is 27.0 Å². The Bertz CT molecular complexity index is 603. The fraction of sp³-hybridized carbons (Fsp3) is 0.167. The van der Waals surface area contributed by atoms with Crippen molar-refractivity contribution in [1.82, 2.24) is 0 Å². The molecule has 1 heterocycles. The van der Waals surface area contributed by atoms with E-state index in [0.29, 0.717) is 9.90 Å². The molecule has 5 heteroatoms. The number of para-hydroxylation sites is 1. The van der Waals surface area contributed by atoms with Crippen LogP contribution in [0.15, 0.2) is 46.0 Å². The Labute approximate surface area is 105 Å². The smallest absolute Gasteiger partial charge is 0.268 e. The van der Waals surface area contributed by atoms with Gasteiger partial charge in [-0.3, -0.25) is 4.31 Å². The highest BCUT2D eigenvalue weighted by atomic mass is 32.2. The average molecular weight is 267 g/mol. The lowest BCUT2D eigenvalue weighted by Gasteiger charge is -2.20. The number of anilines is 1. The van der Waals surface area contributed by atoms with Crippen molar-refractivity contribution in [1.29, 1.82) is 0 Å². The predicted octanol–water partition coefficient (Wildman–Crippen LogP) is 2.88. The summed E-state index contributed by atoms with van der Waals surface area (Å²) in [7, 11) is -1.84. The summed E-state index contributed by atoms with van der Waals surface area (Å²) < 4.78 is 26.3. The van der Waals surface area contributed by atoms with Crippen LogP contribution in [0.5, 0.6) is 0 Å². The molecule has 3 nitrogen and oxygen atoms in total. The zero-order chi connectivity index (χ0) is 12.5. The Morgan fingerprint density at radius 1 is 1.12 bits per heavy atom. The molecule has 0 aliphatic rings. The first kappa shape index (κ1) is 12.1. The van der Waals surface area contributed by atoms with E-state index in [9.17, 15) is 8.42 Å². The second-order valence-electron chi connectivity index (χ2n) is 3.69. The summed E-state index contributed by atoms with van der Waals surface area (Å²) in [6, 6.07) is 10.8. The summed E-state index contributed by atoms with van der Waals surface area (Å²) in [5.74, 6) is 0. The third-order valence-corrected chi connectivity index (χ3v) is 5.71. The van der Waals surface area contributed by atoms with E-state index in [1.165, 1.54) is 15.6 Å². The SMILES string of the molecule is Cc1ccccc1N(C)S(=O)(=O)c1cccs1. The van der Waals surface area contributed by atoms with E-state index in [1.54, 1.807) is 30.6 Å². The van der Waals surface area contributed by atoms with Gasteiger partial charge in [0.1, 0.15) is 4.21 Å². The molecule has 17 heavy (non-hydrogen) atoms. The van der Waals surface area contributed by atoms with E-state index in [-0.39, 0.29) is 0 Å². The maximum atomic E-state index is 12.3. The molecule has 0 unspecified atom stereocenters. The Morgan fingerprint density at radius 3 is 2.41 bits per heavy atom. The molecular formula is C12H13NO2S2. The number of aryl methyl sites for hydroxylation is 1. The number of hydrogen-bond donors (Lipinski definition) is 0. The molecular weight excluding hydrogens is 254 g/mol. The summed E-state index contributed by atoms with van der Waals surface area (Å²) in [6.45, 7) is 1.90. The molecule has 0 aliphatic heterocycles. The molecule has 0 saturated heterocycles. The fourth-order valence-corrected chi connectivity index (χ4v) is 4.01. The van der Waals surface area contributed by atoms with Crippen molar-refractivity contribution in [2.24, 2.45) is 0 Å². The van der Waals surface area contributed by atoms with Gasteiger partial charge < -0.3 is 0 Å². The van der Waals surface area contributed by atoms with E-state index in [0.717, 1.165) is 5.56 Å². The van der Waals surface area contributed by atoms with Gasteiger partial charge in [0, 0.05) is 7.05 Å². The second kappa shape index (κ2) is 4.50. The minimum atomic E-state index is -3.42. The van der Waals surface area contributed by atoms with Gasteiger partial charge in [0.25, 0.3) is 10.0 Å². The predicted molar refractivity (Wildman–Crippen MR) is 71.1 cm³/mol. The minimum Gasteiger partial charge on any atom is -0.268 e. The number of benzene rings is 1. The Balaban J connectivity index is 2.46. The van der Waals surface area contributed by atoms with Gasteiger partial charge in [-0.05, 0) is 30.0 Å². The van der Waals surface area contributed by atoms with Crippen LogP contribution in [0.3, 0.4) is 0 Å². The molecule has 1 aromatic heterocycles. The van der Waals surface area contributed by atoms with E-state index in [2.05, 4.69) is 0 Å². The molecule has 1 aromatic carbocycles. The molecule has 2 rings (SSSR count). The van der Waals surface area contributed by atoms with Crippen LogP contribution in [-0.4, -0.2) is 15.5 Å². The number of hydrogen-bond acceptors (Lipinski definition) is 3. The van der Waals surface area contributed by atoms with Gasteiger partial charge in [-0.15, -0.1) is 11.3 Å². The first-order chi connectivity index (χ1) is 8.03.